The Kier molecular flexibility index (Phi) is 5.18. The lowest BCUT2D eigenvalue weighted by Gasteiger charge is -2.31. The monoisotopic (exact) mass is 416 g/mol. The van der Waals surface area contributed by atoms with Gasteiger partial charge in [0, 0.05) is 0 Å². The van der Waals surface area contributed by atoms with Crippen LogP contribution in [-0.2, 0) is 26.3 Å². The number of benzene rings is 2. The molecule has 0 atom stereocenters. The predicted octanol–water partition coefficient (Wildman–Crippen LogP) is 3.63. The first-order valence-electron chi connectivity index (χ1n) is 6.98. The van der Waals surface area contributed by atoms with Crippen molar-refractivity contribution in [3.63, 3.8) is 0 Å². The highest BCUT2D eigenvalue weighted by Crippen LogP contribution is 2.49. The predicted molar refractivity (Wildman–Crippen MR) is 80.1 cm³/mol. The van der Waals surface area contributed by atoms with E-state index in [1.165, 1.54) is 24.3 Å². The Bertz CT molecular complexity index is 945. The molecule has 1 N–H and O–H groups in total. The molecule has 5 nitrogen and oxygen atoms in total. The van der Waals surface area contributed by atoms with Crippen LogP contribution >= 0.6 is 0 Å². The second-order valence-corrected chi connectivity index (χ2v) is 6.93. The Labute approximate surface area is 148 Å². The van der Waals surface area contributed by atoms with Gasteiger partial charge < -0.3 is 4.74 Å². The Balaban J connectivity index is 2.49. The summed E-state index contributed by atoms with van der Waals surface area (Å²) in [5, 5.41) is 0.919. The molecule has 0 aromatic heterocycles. The van der Waals surface area contributed by atoms with E-state index in [-0.39, 0.29) is 5.56 Å². The Morgan fingerprint density at radius 2 is 1.44 bits per heavy atom. The lowest BCUT2D eigenvalue weighted by Crippen LogP contribution is -2.67. The molecule has 2 aromatic rings. The van der Waals surface area contributed by atoms with E-state index in [1.807, 2.05) is 0 Å². The molecule has 0 aliphatic heterocycles. The maximum absolute atomic E-state index is 13.0. The quantitative estimate of drug-likeness (QED) is 0.468. The number of hydrogen-bond donors (Lipinski definition) is 1. The standard InChI is InChI=1S/C15H10F6O5S/c16-14(17,18)13(15(19,20)21,27(23,24)25)12(22)26-8-10-6-3-5-9-4-1-2-7-11(9)10/h1-7H,8H2,(H,23,24,25). The van der Waals surface area contributed by atoms with E-state index < -0.39 is 39.8 Å². The summed E-state index contributed by atoms with van der Waals surface area (Å²) in [6.07, 6.45) is -13.4. The molecule has 2 aromatic carbocycles. The number of hydrogen-bond acceptors (Lipinski definition) is 4. The van der Waals surface area contributed by atoms with Gasteiger partial charge in [-0.3, -0.25) is 4.55 Å². The highest BCUT2D eigenvalue weighted by atomic mass is 32.2. The molecule has 0 saturated heterocycles. The van der Waals surface area contributed by atoms with E-state index in [2.05, 4.69) is 4.74 Å². The van der Waals surface area contributed by atoms with Gasteiger partial charge in [-0.25, -0.2) is 4.79 Å². The van der Waals surface area contributed by atoms with E-state index in [1.54, 1.807) is 18.2 Å². The molecule has 2 rings (SSSR count). The van der Waals surface area contributed by atoms with Crippen LogP contribution in [0.1, 0.15) is 5.56 Å². The molecule has 0 radical (unpaired) electrons. The third kappa shape index (κ3) is 3.46. The van der Waals surface area contributed by atoms with Crippen molar-refractivity contribution in [3.8, 4) is 0 Å². The molecule has 0 bridgehead atoms. The summed E-state index contributed by atoms with van der Waals surface area (Å²) in [5.41, 5.74) is 0.0371. The third-order valence-corrected chi connectivity index (χ3v) is 5.11. The molecule has 0 fully saturated rings. The molecular formula is C15H10F6O5S. The first kappa shape index (κ1) is 21.0. The number of rotatable bonds is 4. The van der Waals surface area contributed by atoms with Gasteiger partial charge in [0.1, 0.15) is 6.61 Å². The molecule has 0 spiro atoms. The van der Waals surface area contributed by atoms with E-state index >= 15 is 0 Å². The molecule has 0 unspecified atom stereocenters. The van der Waals surface area contributed by atoms with Gasteiger partial charge in [0.2, 0.25) is 0 Å². The van der Waals surface area contributed by atoms with E-state index in [4.69, 9.17) is 4.55 Å². The van der Waals surface area contributed by atoms with Gasteiger partial charge in [-0.1, -0.05) is 42.5 Å². The fraction of sp³-hybridized carbons (Fsp3) is 0.267. The lowest BCUT2D eigenvalue weighted by molar-refractivity contribution is -0.269. The van der Waals surface area contributed by atoms with E-state index in [0.29, 0.717) is 10.8 Å². The van der Waals surface area contributed by atoms with E-state index in [9.17, 15) is 39.6 Å². The van der Waals surface area contributed by atoms with Gasteiger partial charge in [0.25, 0.3) is 0 Å². The zero-order valence-corrected chi connectivity index (χ0v) is 13.8. The Hall–Kier alpha value is -2.34. The van der Waals surface area contributed by atoms with Gasteiger partial charge in [-0.05, 0) is 16.3 Å². The lowest BCUT2D eigenvalue weighted by atomic mass is 10.1. The number of carbonyl (C=O) groups excluding carboxylic acids is 1. The number of fused-ring (bicyclic) bond motifs is 1. The number of ether oxygens (including phenoxy) is 1. The van der Waals surface area contributed by atoms with Crippen LogP contribution in [0, 0.1) is 0 Å². The van der Waals surface area contributed by atoms with Crippen LogP contribution in [0.25, 0.3) is 10.8 Å². The molecule has 0 aliphatic rings. The molecule has 0 aliphatic carbocycles. The summed E-state index contributed by atoms with van der Waals surface area (Å²) in [6.45, 7) is -1.08. The van der Waals surface area contributed by atoms with Crippen LogP contribution < -0.4 is 0 Å². The number of alkyl halides is 6. The van der Waals surface area contributed by atoms with Crippen molar-refractivity contribution in [1.29, 1.82) is 0 Å². The zero-order chi connectivity index (χ0) is 20.7. The van der Waals surface area contributed by atoms with Gasteiger partial charge in [-0.2, -0.15) is 34.8 Å². The van der Waals surface area contributed by atoms with Crippen LogP contribution in [-0.4, -0.2) is 36.0 Å². The highest BCUT2D eigenvalue weighted by molar-refractivity contribution is 7.88. The van der Waals surface area contributed by atoms with E-state index in [0.717, 1.165) is 0 Å². The van der Waals surface area contributed by atoms with Crippen LogP contribution in [0.3, 0.4) is 0 Å². The number of carbonyl (C=O) groups is 1. The summed E-state index contributed by atoms with van der Waals surface area (Å²) in [4.78, 5) is 11.7. The largest absolute Gasteiger partial charge is 0.459 e. The molecule has 0 amide bonds. The minimum absolute atomic E-state index is 0.0371. The number of esters is 1. The maximum atomic E-state index is 13.0. The second-order valence-electron chi connectivity index (χ2n) is 5.37. The van der Waals surface area contributed by atoms with Gasteiger partial charge in [0.15, 0.2) is 0 Å². The van der Waals surface area contributed by atoms with Crippen molar-refractivity contribution in [2.75, 3.05) is 0 Å². The third-order valence-electron chi connectivity index (χ3n) is 3.71. The summed E-state index contributed by atoms with van der Waals surface area (Å²) < 4.78 is 107. The maximum Gasteiger partial charge on any atom is 0.430 e. The van der Waals surface area contributed by atoms with Crippen molar-refractivity contribution in [2.45, 2.75) is 23.7 Å². The summed E-state index contributed by atoms with van der Waals surface area (Å²) in [7, 11) is -7.01. The fourth-order valence-corrected chi connectivity index (χ4v) is 3.31. The zero-order valence-electron chi connectivity index (χ0n) is 13.0. The molecule has 0 saturated carbocycles. The first-order chi connectivity index (χ1) is 12.2. The molecule has 0 heterocycles. The molecule has 12 heteroatoms. The molecular weight excluding hydrogens is 406 g/mol. The van der Waals surface area contributed by atoms with Crippen molar-refractivity contribution in [2.24, 2.45) is 0 Å². The van der Waals surface area contributed by atoms with Crippen molar-refractivity contribution in [1.82, 2.24) is 0 Å². The topological polar surface area (TPSA) is 80.7 Å². The van der Waals surface area contributed by atoms with Crippen molar-refractivity contribution >= 4 is 26.9 Å². The van der Waals surface area contributed by atoms with Crippen LogP contribution in [0.4, 0.5) is 26.3 Å². The highest BCUT2D eigenvalue weighted by Gasteiger charge is 2.84. The summed E-state index contributed by atoms with van der Waals surface area (Å²) >= 11 is 0. The summed E-state index contributed by atoms with van der Waals surface area (Å²) in [6, 6.07) is 10.5. The average molecular weight is 416 g/mol. The molecule has 27 heavy (non-hydrogen) atoms. The Morgan fingerprint density at radius 1 is 0.926 bits per heavy atom. The van der Waals surface area contributed by atoms with Crippen LogP contribution in [0.2, 0.25) is 0 Å². The van der Waals surface area contributed by atoms with Crippen LogP contribution in [0.5, 0.6) is 0 Å². The molecule has 148 valence electrons. The number of halogens is 6. The Morgan fingerprint density at radius 3 is 1.96 bits per heavy atom. The smallest absolute Gasteiger partial charge is 0.430 e. The van der Waals surface area contributed by atoms with Crippen molar-refractivity contribution < 1.29 is 48.8 Å². The van der Waals surface area contributed by atoms with Gasteiger partial charge >= 0.3 is 33.2 Å². The average Bonchev–Trinajstić information content (AvgIpc) is 2.49. The van der Waals surface area contributed by atoms with Gasteiger partial charge in [0.05, 0.1) is 0 Å². The minimum Gasteiger partial charge on any atom is -0.459 e. The second kappa shape index (κ2) is 6.68. The normalized spacial score (nSPS) is 13.6. The SMILES string of the molecule is O=C(OCc1cccc2ccccc12)C(C(F)(F)F)(C(F)(F)F)S(=O)(=O)O. The summed E-state index contributed by atoms with van der Waals surface area (Å²) in [5.74, 6) is -3.20. The minimum atomic E-state index is -7.01. The van der Waals surface area contributed by atoms with Crippen molar-refractivity contribution in [3.05, 3.63) is 48.0 Å². The fourth-order valence-electron chi connectivity index (χ4n) is 2.45. The van der Waals surface area contributed by atoms with Crippen LogP contribution in [0.15, 0.2) is 42.5 Å². The van der Waals surface area contributed by atoms with Gasteiger partial charge in [-0.15, -0.1) is 0 Å². The first-order valence-corrected chi connectivity index (χ1v) is 8.42.